The fourth-order valence-electron chi connectivity index (χ4n) is 2.80. The first-order chi connectivity index (χ1) is 10.0. The number of carboxylic acid groups (broad SMARTS) is 1. The van der Waals surface area contributed by atoms with Crippen LogP contribution in [0.4, 0.5) is 0 Å². The zero-order valence-electron chi connectivity index (χ0n) is 12.5. The molecule has 0 bridgehead atoms. The Kier molecular flexibility index (Phi) is 4.93. The summed E-state index contributed by atoms with van der Waals surface area (Å²) in [5.41, 5.74) is 0.999. The van der Waals surface area contributed by atoms with Gasteiger partial charge >= 0.3 is 5.97 Å². The molecule has 5 heteroatoms. The van der Waals surface area contributed by atoms with Crippen LogP contribution in [-0.2, 0) is 10.5 Å². The molecule has 114 valence electrons. The van der Waals surface area contributed by atoms with Gasteiger partial charge in [-0.25, -0.2) is 0 Å². The zero-order valence-corrected chi connectivity index (χ0v) is 13.3. The molecular weight excluding hydrogens is 286 g/mol. The number of nitrogens with zero attached hydrogens (tertiary/aromatic N) is 1. The van der Waals surface area contributed by atoms with Crippen LogP contribution in [0, 0.1) is 5.41 Å². The van der Waals surface area contributed by atoms with Gasteiger partial charge in [0.2, 0.25) is 0 Å². The molecule has 1 atom stereocenters. The van der Waals surface area contributed by atoms with Gasteiger partial charge < -0.3 is 10.0 Å². The maximum atomic E-state index is 12.6. The Labute approximate surface area is 129 Å². The summed E-state index contributed by atoms with van der Waals surface area (Å²) in [5, 5.41) is 9.41. The molecular formula is C16H21NO3S. The number of aliphatic carboxylic acids is 1. The molecule has 0 aliphatic carbocycles. The molecule has 1 aromatic rings. The zero-order chi connectivity index (χ0) is 15.5. The van der Waals surface area contributed by atoms with Gasteiger partial charge in [0.05, 0.1) is 5.41 Å². The van der Waals surface area contributed by atoms with E-state index >= 15 is 0 Å². The molecule has 1 amide bonds. The van der Waals surface area contributed by atoms with Gasteiger partial charge in [-0.3, -0.25) is 9.59 Å². The standard InChI is InChI=1S/C16H21NO3S/c1-3-16(15(19)20)7-8-17(11-16)14(18)13-6-4-5-12(9-13)10-21-2/h4-6,9H,3,7-8,10-11H2,1-2H3,(H,19,20). The van der Waals surface area contributed by atoms with Crippen LogP contribution < -0.4 is 0 Å². The maximum Gasteiger partial charge on any atom is 0.311 e. The topological polar surface area (TPSA) is 57.6 Å². The number of benzene rings is 1. The SMILES string of the molecule is CCC1(C(=O)O)CCN(C(=O)c2cccc(CSC)c2)C1. The van der Waals surface area contributed by atoms with Crippen LogP contribution >= 0.6 is 11.8 Å². The number of amides is 1. The van der Waals surface area contributed by atoms with Gasteiger partial charge in [0.25, 0.3) is 5.91 Å². The lowest BCUT2D eigenvalue weighted by molar-refractivity contribution is -0.148. The van der Waals surface area contributed by atoms with Gasteiger partial charge in [0.1, 0.15) is 0 Å². The van der Waals surface area contributed by atoms with Crippen molar-refractivity contribution in [3.8, 4) is 0 Å². The molecule has 1 saturated heterocycles. The first kappa shape index (κ1) is 15.9. The highest BCUT2D eigenvalue weighted by molar-refractivity contribution is 7.97. The van der Waals surface area contributed by atoms with E-state index in [2.05, 4.69) is 0 Å². The first-order valence-corrected chi connectivity index (χ1v) is 8.52. The number of likely N-dealkylation sites (tertiary alicyclic amines) is 1. The van der Waals surface area contributed by atoms with Crippen molar-refractivity contribution in [1.82, 2.24) is 4.90 Å². The number of carbonyl (C=O) groups excluding carboxylic acids is 1. The molecule has 1 aliphatic heterocycles. The Bertz CT molecular complexity index is 546. The fourth-order valence-corrected chi connectivity index (χ4v) is 3.32. The van der Waals surface area contributed by atoms with Crippen LogP contribution in [0.3, 0.4) is 0 Å². The Hall–Kier alpha value is -1.49. The van der Waals surface area contributed by atoms with Crippen molar-refractivity contribution in [3.05, 3.63) is 35.4 Å². The summed E-state index contributed by atoms with van der Waals surface area (Å²) in [5.74, 6) is 0.0146. The fraction of sp³-hybridized carbons (Fsp3) is 0.500. The minimum Gasteiger partial charge on any atom is -0.481 e. The minimum atomic E-state index is -0.795. The number of carbonyl (C=O) groups is 2. The summed E-state index contributed by atoms with van der Waals surface area (Å²) in [7, 11) is 0. The molecule has 4 nitrogen and oxygen atoms in total. The Morgan fingerprint density at radius 1 is 1.43 bits per heavy atom. The molecule has 1 N–H and O–H groups in total. The van der Waals surface area contributed by atoms with Crippen molar-refractivity contribution in [1.29, 1.82) is 0 Å². The van der Waals surface area contributed by atoms with Gasteiger partial charge in [-0.1, -0.05) is 19.1 Å². The second-order valence-electron chi connectivity index (χ2n) is 5.55. The molecule has 2 rings (SSSR count). The molecule has 1 aromatic carbocycles. The average Bonchev–Trinajstić information content (AvgIpc) is 2.93. The predicted octanol–water partition coefficient (Wildman–Crippen LogP) is 2.88. The number of hydrogen-bond acceptors (Lipinski definition) is 3. The van der Waals surface area contributed by atoms with Crippen LogP contribution in [0.1, 0.15) is 35.7 Å². The van der Waals surface area contributed by atoms with Crippen LogP contribution in [-0.4, -0.2) is 41.2 Å². The van der Waals surface area contributed by atoms with Crippen LogP contribution in [0.15, 0.2) is 24.3 Å². The van der Waals surface area contributed by atoms with E-state index in [1.807, 2.05) is 31.4 Å². The Balaban J connectivity index is 2.15. The van der Waals surface area contributed by atoms with E-state index in [1.165, 1.54) is 0 Å². The molecule has 1 heterocycles. The number of thioether (sulfide) groups is 1. The second kappa shape index (κ2) is 6.52. The van der Waals surface area contributed by atoms with Gasteiger partial charge in [0, 0.05) is 24.4 Å². The highest BCUT2D eigenvalue weighted by Gasteiger charge is 2.44. The third-order valence-electron chi connectivity index (χ3n) is 4.26. The van der Waals surface area contributed by atoms with E-state index in [0.717, 1.165) is 11.3 Å². The summed E-state index contributed by atoms with van der Waals surface area (Å²) in [6.07, 6.45) is 3.12. The summed E-state index contributed by atoms with van der Waals surface area (Å²) in [4.78, 5) is 25.7. The highest BCUT2D eigenvalue weighted by atomic mass is 32.2. The largest absolute Gasteiger partial charge is 0.481 e. The molecule has 1 aliphatic rings. The Morgan fingerprint density at radius 3 is 2.76 bits per heavy atom. The Morgan fingerprint density at radius 2 is 2.19 bits per heavy atom. The number of carboxylic acids is 1. The van der Waals surface area contributed by atoms with Crippen LogP contribution in [0.25, 0.3) is 0 Å². The monoisotopic (exact) mass is 307 g/mol. The lowest BCUT2D eigenvalue weighted by Gasteiger charge is -2.23. The van der Waals surface area contributed by atoms with Crippen LogP contribution in [0.5, 0.6) is 0 Å². The van der Waals surface area contributed by atoms with Crippen molar-refractivity contribution in [3.63, 3.8) is 0 Å². The lowest BCUT2D eigenvalue weighted by atomic mass is 9.84. The molecule has 0 spiro atoms. The highest BCUT2D eigenvalue weighted by Crippen LogP contribution is 2.34. The van der Waals surface area contributed by atoms with E-state index in [0.29, 0.717) is 31.5 Å². The molecule has 0 radical (unpaired) electrons. The quantitative estimate of drug-likeness (QED) is 0.909. The first-order valence-electron chi connectivity index (χ1n) is 7.13. The lowest BCUT2D eigenvalue weighted by Crippen LogP contribution is -2.36. The van der Waals surface area contributed by atoms with E-state index in [-0.39, 0.29) is 5.91 Å². The molecule has 1 fully saturated rings. The second-order valence-corrected chi connectivity index (χ2v) is 6.42. The normalized spacial score (nSPS) is 21.5. The predicted molar refractivity (Wildman–Crippen MR) is 84.5 cm³/mol. The van der Waals surface area contributed by atoms with E-state index in [9.17, 15) is 14.7 Å². The van der Waals surface area contributed by atoms with E-state index in [4.69, 9.17) is 0 Å². The van der Waals surface area contributed by atoms with E-state index in [1.54, 1.807) is 22.7 Å². The number of rotatable bonds is 5. The molecule has 0 saturated carbocycles. The van der Waals surface area contributed by atoms with Gasteiger partial charge in [-0.05, 0) is 36.8 Å². The van der Waals surface area contributed by atoms with Gasteiger partial charge in [-0.15, -0.1) is 0 Å². The van der Waals surface area contributed by atoms with Crippen molar-refractivity contribution >= 4 is 23.6 Å². The average molecular weight is 307 g/mol. The summed E-state index contributed by atoms with van der Waals surface area (Å²) >= 11 is 1.71. The molecule has 1 unspecified atom stereocenters. The maximum absolute atomic E-state index is 12.6. The van der Waals surface area contributed by atoms with Gasteiger partial charge in [0.15, 0.2) is 0 Å². The summed E-state index contributed by atoms with van der Waals surface area (Å²) in [6.45, 7) is 2.71. The van der Waals surface area contributed by atoms with Crippen molar-refractivity contribution < 1.29 is 14.7 Å². The third kappa shape index (κ3) is 3.23. The smallest absolute Gasteiger partial charge is 0.311 e. The van der Waals surface area contributed by atoms with Crippen molar-refractivity contribution in [2.45, 2.75) is 25.5 Å². The van der Waals surface area contributed by atoms with E-state index < -0.39 is 11.4 Å². The number of hydrogen-bond donors (Lipinski definition) is 1. The van der Waals surface area contributed by atoms with Gasteiger partial charge in [-0.2, -0.15) is 11.8 Å². The van der Waals surface area contributed by atoms with Crippen molar-refractivity contribution in [2.75, 3.05) is 19.3 Å². The third-order valence-corrected chi connectivity index (χ3v) is 4.88. The summed E-state index contributed by atoms with van der Waals surface area (Å²) < 4.78 is 0. The van der Waals surface area contributed by atoms with Crippen molar-refractivity contribution in [2.24, 2.45) is 5.41 Å². The minimum absolute atomic E-state index is 0.0606. The molecule has 21 heavy (non-hydrogen) atoms. The summed E-state index contributed by atoms with van der Waals surface area (Å²) in [6, 6.07) is 7.61. The molecule has 0 aromatic heterocycles. The van der Waals surface area contributed by atoms with Crippen LogP contribution in [0.2, 0.25) is 0 Å².